The summed E-state index contributed by atoms with van der Waals surface area (Å²) in [5.41, 5.74) is 2.67. The van der Waals surface area contributed by atoms with Gasteiger partial charge in [-0.2, -0.15) is 0 Å². The van der Waals surface area contributed by atoms with Crippen LogP contribution in [0.4, 0.5) is 5.69 Å². The third-order valence-electron chi connectivity index (χ3n) is 5.36. The molecule has 0 bridgehead atoms. The predicted octanol–water partition coefficient (Wildman–Crippen LogP) is 3.04. The normalized spacial score (nSPS) is 13.6. The first-order chi connectivity index (χ1) is 14.5. The lowest BCUT2D eigenvalue weighted by molar-refractivity contribution is -0.129. The number of benzene rings is 2. The highest BCUT2D eigenvalue weighted by Gasteiger charge is 2.22. The lowest BCUT2D eigenvalue weighted by Crippen LogP contribution is -2.30. The first kappa shape index (κ1) is 19.8. The second kappa shape index (κ2) is 8.49. The molecule has 0 radical (unpaired) electrons. The molecular weight excluding hydrogens is 380 g/mol. The van der Waals surface area contributed by atoms with Crippen molar-refractivity contribution in [2.24, 2.45) is 0 Å². The summed E-state index contributed by atoms with van der Waals surface area (Å²) >= 11 is 0. The number of carbonyl (C=O) groups excluding carboxylic acids is 3. The van der Waals surface area contributed by atoms with Crippen molar-refractivity contribution < 1.29 is 14.4 Å². The molecule has 2 heterocycles. The van der Waals surface area contributed by atoms with Gasteiger partial charge in [-0.3, -0.25) is 14.4 Å². The number of aromatic nitrogens is 2. The van der Waals surface area contributed by atoms with Crippen molar-refractivity contribution in [3.63, 3.8) is 0 Å². The van der Waals surface area contributed by atoms with Gasteiger partial charge in [-0.25, -0.2) is 4.98 Å². The number of para-hydroxylation sites is 2. The van der Waals surface area contributed by atoms with E-state index in [9.17, 15) is 14.4 Å². The molecule has 1 aromatic heterocycles. The molecule has 0 unspecified atom stereocenters. The Balaban J connectivity index is 1.56. The third-order valence-corrected chi connectivity index (χ3v) is 5.36. The largest absolute Gasteiger partial charge is 0.342 e. The van der Waals surface area contributed by atoms with Crippen LogP contribution in [0.1, 0.15) is 35.9 Å². The van der Waals surface area contributed by atoms with Crippen LogP contribution in [-0.2, 0) is 22.6 Å². The number of nitrogens with zero attached hydrogens (tertiary/aromatic N) is 3. The van der Waals surface area contributed by atoms with Gasteiger partial charge in [0.05, 0.1) is 17.5 Å². The van der Waals surface area contributed by atoms with E-state index in [0.717, 1.165) is 37.0 Å². The second-order valence-electron chi connectivity index (χ2n) is 7.55. The van der Waals surface area contributed by atoms with E-state index in [1.165, 1.54) is 6.92 Å². The number of fused-ring (bicyclic) bond motifs is 1. The Morgan fingerprint density at radius 2 is 1.80 bits per heavy atom. The van der Waals surface area contributed by atoms with E-state index in [-0.39, 0.29) is 30.6 Å². The molecule has 1 N–H and O–H groups in total. The minimum absolute atomic E-state index is 0.0351. The van der Waals surface area contributed by atoms with Crippen molar-refractivity contribution in [2.45, 2.75) is 32.7 Å². The number of Topliss-reactive ketones (excluding diaryl/α,β-unsaturated/α-hetero) is 1. The van der Waals surface area contributed by atoms with Crippen LogP contribution in [0.5, 0.6) is 0 Å². The summed E-state index contributed by atoms with van der Waals surface area (Å²) in [7, 11) is 0. The van der Waals surface area contributed by atoms with Crippen molar-refractivity contribution in [3.05, 3.63) is 59.9 Å². The van der Waals surface area contributed by atoms with Gasteiger partial charge < -0.3 is 14.8 Å². The second-order valence-corrected chi connectivity index (χ2v) is 7.55. The average molecular weight is 404 g/mol. The van der Waals surface area contributed by atoms with Gasteiger partial charge >= 0.3 is 0 Å². The number of hydrogen-bond donors (Lipinski definition) is 1. The Labute approximate surface area is 174 Å². The molecule has 1 fully saturated rings. The van der Waals surface area contributed by atoms with Crippen LogP contribution in [0.15, 0.2) is 48.5 Å². The van der Waals surface area contributed by atoms with Crippen LogP contribution in [0.25, 0.3) is 11.0 Å². The number of rotatable bonds is 6. The predicted molar refractivity (Wildman–Crippen MR) is 114 cm³/mol. The number of ketones is 1. The number of anilines is 1. The molecule has 3 aromatic rings. The fourth-order valence-electron chi connectivity index (χ4n) is 3.81. The Bertz CT molecular complexity index is 1110. The SMILES string of the molecule is CC(=O)c1cccc(NC(=O)Cn2c(CC(=O)N3CCCC3)nc3ccccc32)c1. The molecule has 7 nitrogen and oxygen atoms in total. The summed E-state index contributed by atoms with van der Waals surface area (Å²) in [6.07, 6.45) is 2.23. The molecule has 4 rings (SSSR count). The van der Waals surface area contributed by atoms with E-state index in [4.69, 9.17) is 0 Å². The number of amides is 2. The van der Waals surface area contributed by atoms with Crippen LogP contribution in [0.2, 0.25) is 0 Å². The maximum absolute atomic E-state index is 12.8. The zero-order chi connectivity index (χ0) is 21.1. The van der Waals surface area contributed by atoms with Crippen LogP contribution >= 0.6 is 0 Å². The molecule has 1 saturated heterocycles. The van der Waals surface area contributed by atoms with Gasteiger partial charge in [0.2, 0.25) is 11.8 Å². The van der Waals surface area contributed by atoms with Gasteiger partial charge in [-0.15, -0.1) is 0 Å². The molecule has 7 heteroatoms. The Morgan fingerprint density at radius 1 is 1.03 bits per heavy atom. The fourth-order valence-corrected chi connectivity index (χ4v) is 3.81. The summed E-state index contributed by atoms with van der Waals surface area (Å²) in [5, 5.41) is 2.84. The van der Waals surface area contributed by atoms with E-state index in [1.54, 1.807) is 28.8 Å². The summed E-state index contributed by atoms with van der Waals surface area (Å²) in [4.78, 5) is 43.5. The zero-order valence-corrected chi connectivity index (χ0v) is 16.9. The lowest BCUT2D eigenvalue weighted by atomic mass is 10.1. The topological polar surface area (TPSA) is 84.3 Å². The molecule has 2 amide bonds. The summed E-state index contributed by atoms with van der Waals surface area (Å²) < 4.78 is 1.80. The van der Waals surface area contributed by atoms with Crippen LogP contribution in [0.3, 0.4) is 0 Å². The van der Waals surface area contributed by atoms with Gasteiger partial charge in [0.25, 0.3) is 0 Å². The number of hydrogen-bond acceptors (Lipinski definition) is 4. The van der Waals surface area contributed by atoms with Crippen molar-refractivity contribution >= 4 is 34.3 Å². The highest BCUT2D eigenvalue weighted by atomic mass is 16.2. The van der Waals surface area contributed by atoms with Crippen molar-refractivity contribution in [3.8, 4) is 0 Å². The van der Waals surface area contributed by atoms with E-state index in [1.807, 2.05) is 29.2 Å². The maximum Gasteiger partial charge on any atom is 0.244 e. The smallest absolute Gasteiger partial charge is 0.244 e. The molecule has 2 aromatic carbocycles. The first-order valence-corrected chi connectivity index (χ1v) is 10.1. The van der Waals surface area contributed by atoms with Gasteiger partial charge in [0.1, 0.15) is 12.4 Å². The summed E-state index contributed by atoms with van der Waals surface area (Å²) in [6, 6.07) is 14.4. The molecule has 30 heavy (non-hydrogen) atoms. The molecule has 1 aliphatic heterocycles. The van der Waals surface area contributed by atoms with Gasteiger partial charge in [-0.1, -0.05) is 24.3 Å². The molecule has 154 valence electrons. The van der Waals surface area contributed by atoms with E-state index in [0.29, 0.717) is 17.1 Å². The Morgan fingerprint density at radius 3 is 2.57 bits per heavy atom. The molecule has 1 aliphatic rings. The number of nitrogens with one attached hydrogen (secondary N) is 1. The van der Waals surface area contributed by atoms with Crippen molar-refractivity contribution in [2.75, 3.05) is 18.4 Å². The Kier molecular flexibility index (Phi) is 5.61. The number of likely N-dealkylation sites (tertiary alicyclic amines) is 1. The van der Waals surface area contributed by atoms with E-state index >= 15 is 0 Å². The third kappa shape index (κ3) is 4.25. The highest BCUT2D eigenvalue weighted by molar-refractivity contribution is 5.97. The maximum atomic E-state index is 12.8. The number of imidazole rings is 1. The zero-order valence-electron chi connectivity index (χ0n) is 16.9. The quantitative estimate of drug-likeness (QED) is 0.640. The van der Waals surface area contributed by atoms with E-state index < -0.39 is 0 Å². The Hall–Kier alpha value is -3.48. The molecule has 0 saturated carbocycles. The molecule has 0 spiro atoms. The summed E-state index contributed by atoms with van der Waals surface area (Å²) in [6.45, 7) is 3.09. The van der Waals surface area contributed by atoms with Gasteiger partial charge in [0.15, 0.2) is 5.78 Å². The van der Waals surface area contributed by atoms with Crippen molar-refractivity contribution in [1.29, 1.82) is 0 Å². The highest BCUT2D eigenvalue weighted by Crippen LogP contribution is 2.19. The molecule has 0 aliphatic carbocycles. The number of carbonyl (C=O) groups is 3. The average Bonchev–Trinajstić information content (AvgIpc) is 3.37. The minimum Gasteiger partial charge on any atom is -0.342 e. The monoisotopic (exact) mass is 404 g/mol. The van der Waals surface area contributed by atoms with Crippen LogP contribution < -0.4 is 5.32 Å². The lowest BCUT2D eigenvalue weighted by Gasteiger charge is -2.16. The van der Waals surface area contributed by atoms with Gasteiger partial charge in [0, 0.05) is 24.3 Å². The summed E-state index contributed by atoms with van der Waals surface area (Å²) in [5.74, 6) is 0.322. The first-order valence-electron chi connectivity index (χ1n) is 10.1. The standard InChI is InChI=1S/C23H24N4O3/c1-16(28)17-7-6-8-18(13-17)24-22(29)15-27-20-10-3-2-9-19(20)25-21(27)14-23(30)26-11-4-5-12-26/h2-3,6-10,13H,4-5,11-12,14-15H2,1H3,(H,24,29). The van der Waals surface area contributed by atoms with Gasteiger partial charge in [-0.05, 0) is 44.0 Å². The fraction of sp³-hybridized carbons (Fsp3) is 0.304. The molecular formula is C23H24N4O3. The van der Waals surface area contributed by atoms with Crippen molar-refractivity contribution in [1.82, 2.24) is 14.5 Å². The van der Waals surface area contributed by atoms with Crippen LogP contribution in [-0.4, -0.2) is 45.1 Å². The van der Waals surface area contributed by atoms with Crippen LogP contribution in [0, 0.1) is 0 Å². The van der Waals surface area contributed by atoms with E-state index in [2.05, 4.69) is 10.3 Å². The molecule has 0 atom stereocenters. The minimum atomic E-state index is -0.242.